The van der Waals surface area contributed by atoms with Gasteiger partial charge in [0, 0.05) is 26.2 Å². The molecular weight excluding hydrogens is 373 g/mol. The normalized spacial score (nSPS) is 14.1. The molecule has 148 valence electrons. The number of carbonyl (C=O) groups excluding carboxylic acids is 2. The minimum absolute atomic E-state index is 0.0499. The third-order valence-corrected chi connectivity index (χ3v) is 4.93. The van der Waals surface area contributed by atoms with Crippen LogP contribution in [0.5, 0.6) is 0 Å². The topological polar surface area (TPSA) is 71.3 Å². The zero-order valence-corrected chi connectivity index (χ0v) is 16.0. The maximum atomic E-state index is 13.9. The molecule has 1 saturated heterocycles. The summed E-state index contributed by atoms with van der Waals surface area (Å²) in [4.78, 5) is 30.1. The summed E-state index contributed by atoms with van der Waals surface area (Å²) < 4.78 is 13.9. The highest BCUT2D eigenvalue weighted by Crippen LogP contribution is 2.15. The van der Waals surface area contributed by atoms with Gasteiger partial charge in [0.15, 0.2) is 5.69 Å². The Bertz CT molecular complexity index is 1040. The van der Waals surface area contributed by atoms with E-state index < -0.39 is 5.82 Å². The Kier molecular flexibility index (Phi) is 5.07. The Labute approximate surface area is 167 Å². The monoisotopic (exact) mass is 393 g/mol. The van der Waals surface area contributed by atoms with Crippen LogP contribution in [0.1, 0.15) is 26.5 Å². The second kappa shape index (κ2) is 7.83. The Morgan fingerprint density at radius 1 is 0.828 bits per heavy atom. The number of carbonyl (C=O) groups is 2. The second-order valence-corrected chi connectivity index (χ2v) is 6.82. The first-order chi connectivity index (χ1) is 14.0. The molecule has 0 radical (unpaired) electrons. The minimum atomic E-state index is -0.538. The summed E-state index contributed by atoms with van der Waals surface area (Å²) in [5.41, 5.74) is 1.66. The molecule has 2 aromatic carbocycles. The number of hydrogen-bond acceptors (Lipinski definition) is 4. The second-order valence-electron chi connectivity index (χ2n) is 6.82. The van der Waals surface area contributed by atoms with Crippen molar-refractivity contribution in [1.82, 2.24) is 24.8 Å². The van der Waals surface area contributed by atoms with E-state index in [1.54, 1.807) is 28.9 Å². The van der Waals surface area contributed by atoms with Gasteiger partial charge in [-0.1, -0.05) is 30.3 Å². The predicted molar refractivity (Wildman–Crippen MR) is 104 cm³/mol. The van der Waals surface area contributed by atoms with Crippen LogP contribution in [0, 0.1) is 12.7 Å². The molecule has 0 atom stereocenters. The van der Waals surface area contributed by atoms with Crippen molar-refractivity contribution >= 4 is 11.8 Å². The van der Waals surface area contributed by atoms with Crippen molar-refractivity contribution < 1.29 is 14.0 Å². The van der Waals surface area contributed by atoms with E-state index in [-0.39, 0.29) is 17.4 Å². The van der Waals surface area contributed by atoms with Gasteiger partial charge in [0.1, 0.15) is 5.82 Å². The van der Waals surface area contributed by atoms with Crippen molar-refractivity contribution in [3.8, 4) is 5.69 Å². The molecule has 29 heavy (non-hydrogen) atoms. The van der Waals surface area contributed by atoms with Crippen molar-refractivity contribution in [3.05, 3.63) is 77.4 Å². The number of piperazine rings is 1. The summed E-state index contributed by atoms with van der Waals surface area (Å²) in [5, 5.41) is 8.69. The van der Waals surface area contributed by atoms with E-state index >= 15 is 0 Å². The first-order valence-corrected chi connectivity index (χ1v) is 9.37. The number of para-hydroxylation sites is 1. The number of amides is 2. The molecule has 4 rings (SSSR count). The van der Waals surface area contributed by atoms with Crippen LogP contribution in [0.15, 0.2) is 54.6 Å². The zero-order chi connectivity index (χ0) is 20.4. The fourth-order valence-corrected chi connectivity index (χ4v) is 3.32. The van der Waals surface area contributed by atoms with Crippen molar-refractivity contribution in [2.75, 3.05) is 26.2 Å². The average Bonchev–Trinajstić information content (AvgIpc) is 3.15. The molecule has 3 aromatic rings. The third kappa shape index (κ3) is 3.73. The van der Waals surface area contributed by atoms with Crippen LogP contribution in [0.25, 0.3) is 5.69 Å². The van der Waals surface area contributed by atoms with E-state index in [1.807, 2.05) is 30.3 Å². The number of benzene rings is 2. The zero-order valence-electron chi connectivity index (χ0n) is 16.0. The van der Waals surface area contributed by atoms with Crippen LogP contribution in [-0.4, -0.2) is 62.8 Å². The maximum absolute atomic E-state index is 13.9. The molecule has 1 aromatic heterocycles. The number of hydrogen-bond donors (Lipinski definition) is 0. The summed E-state index contributed by atoms with van der Waals surface area (Å²) in [6.07, 6.45) is 0. The summed E-state index contributed by atoms with van der Waals surface area (Å²) in [7, 11) is 0. The molecule has 0 saturated carbocycles. The summed E-state index contributed by atoms with van der Waals surface area (Å²) >= 11 is 0. The van der Waals surface area contributed by atoms with Gasteiger partial charge in [0.05, 0.1) is 16.9 Å². The van der Waals surface area contributed by atoms with Gasteiger partial charge >= 0.3 is 0 Å². The molecule has 1 aliphatic rings. The molecule has 0 spiro atoms. The van der Waals surface area contributed by atoms with Gasteiger partial charge in [-0.05, 0) is 31.2 Å². The molecule has 0 N–H and O–H groups in total. The van der Waals surface area contributed by atoms with Gasteiger partial charge in [0.2, 0.25) is 0 Å². The van der Waals surface area contributed by atoms with Crippen LogP contribution >= 0.6 is 0 Å². The largest absolute Gasteiger partial charge is 0.335 e. The molecule has 0 aliphatic carbocycles. The minimum Gasteiger partial charge on any atom is -0.335 e. The SMILES string of the molecule is Cc1nn(-c2ccccc2)nc1C(=O)N1CCN(C(=O)c2ccccc2F)CC1. The highest BCUT2D eigenvalue weighted by Gasteiger charge is 2.29. The maximum Gasteiger partial charge on any atom is 0.276 e. The fraction of sp³-hybridized carbons (Fsp3) is 0.238. The summed E-state index contributed by atoms with van der Waals surface area (Å²) in [6.45, 7) is 3.14. The van der Waals surface area contributed by atoms with E-state index in [4.69, 9.17) is 0 Å². The quantitative estimate of drug-likeness (QED) is 0.685. The molecule has 1 aliphatic heterocycles. The molecule has 1 fully saturated rings. The first-order valence-electron chi connectivity index (χ1n) is 9.37. The van der Waals surface area contributed by atoms with E-state index in [2.05, 4.69) is 10.2 Å². The van der Waals surface area contributed by atoms with E-state index in [1.165, 1.54) is 16.9 Å². The highest BCUT2D eigenvalue weighted by atomic mass is 19.1. The molecular formula is C21H20FN5O2. The molecule has 0 bridgehead atoms. The van der Waals surface area contributed by atoms with Gasteiger partial charge in [0.25, 0.3) is 11.8 Å². The lowest BCUT2D eigenvalue weighted by Gasteiger charge is -2.34. The molecule has 0 unspecified atom stereocenters. The lowest BCUT2D eigenvalue weighted by atomic mass is 10.1. The number of nitrogens with zero attached hydrogens (tertiary/aromatic N) is 5. The Hall–Kier alpha value is -3.55. The Balaban J connectivity index is 1.44. The lowest BCUT2D eigenvalue weighted by molar-refractivity contribution is 0.0529. The van der Waals surface area contributed by atoms with Crippen molar-refractivity contribution in [3.63, 3.8) is 0 Å². The number of rotatable bonds is 3. The van der Waals surface area contributed by atoms with Crippen molar-refractivity contribution in [2.24, 2.45) is 0 Å². The van der Waals surface area contributed by atoms with E-state index in [0.29, 0.717) is 37.6 Å². The number of aryl methyl sites for hydroxylation is 1. The molecule has 7 nitrogen and oxygen atoms in total. The smallest absolute Gasteiger partial charge is 0.276 e. The summed E-state index contributed by atoms with van der Waals surface area (Å²) in [5.74, 6) is -1.12. The highest BCUT2D eigenvalue weighted by molar-refractivity contribution is 5.95. The van der Waals surface area contributed by atoms with Gasteiger partial charge in [-0.15, -0.1) is 5.10 Å². The fourth-order valence-electron chi connectivity index (χ4n) is 3.32. The summed E-state index contributed by atoms with van der Waals surface area (Å²) in [6, 6.07) is 15.3. The van der Waals surface area contributed by atoms with Gasteiger partial charge < -0.3 is 9.80 Å². The standard InChI is InChI=1S/C21H20FN5O2/c1-15-19(24-27(23-15)16-7-3-2-4-8-16)21(29)26-13-11-25(12-14-26)20(28)17-9-5-6-10-18(17)22/h2-10H,11-14H2,1H3. The predicted octanol–water partition coefficient (Wildman–Crippen LogP) is 2.31. The lowest BCUT2D eigenvalue weighted by Crippen LogP contribution is -2.50. The van der Waals surface area contributed by atoms with Crippen LogP contribution in [-0.2, 0) is 0 Å². The van der Waals surface area contributed by atoms with Crippen LogP contribution in [0.4, 0.5) is 4.39 Å². The van der Waals surface area contributed by atoms with Crippen molar-refractivity contribution in [2.45, 2.75) is 6.92 Å². The average molecular weight is 393 g/mol. The van der Waals surface area contributed by atoms with Gasteiger partial charge in [-0.2, -0.15) is 9.90 Å². The Morgan fingerprint density at radius 3 is 2.07 bits per heavy atom. The van der Waals surface area contributed by atoms with E-state index in [0.717, 1.165) is 5.69 Å². The third-order valence-electron chi connectivity index (χ3n) is 4.93. The first kappa shape index (κ1) is 18.8. The van der Waals surface area contributed by atoms with Crippen LogP contribution in [0.2, 0.25) is 0 Å². The van der Waals surface area contributed by atoms with Gasteiger partial charge in [-0.3, -0.25) is 9.59 Å². The number of halogens is 1. The molecule has 2 amide bonds. The van der Waals surface area contributed by atoms with Crippen molar-refractivity contribution in [1.29, 1.82) is 0 Å². The molecule has 2 heterocycles. The van der Waals surface area contributed by atoms with Crippen LogP contribution < -0.4 is 0 Å². The van der Waals surface area contributed by atoms with Gasteiger partial charge in [-0.25, -0.2) is 4.39 Å². The molecule has 8 heteroatoms. The Morgan fingerprint density at radius 2 is 1.41 bits per heavy atom. The number of aromatic nitrogens is 3. The van der Waals surface area contributed by atoms with E-state index in [9.17, 15) is 14.0 Å². The van der Waals surface area contributed by atoms with Crippen LogP contribution in [0.3, 0.4) is 0 Å².